The van der Waals surface area contributed by atoms with E-state index in [0.717, 1.165) is 62.2 Å². The van der Waals surface area contributed by atoms with E-state index in [2.05, 4.69) is 205 Å². The highest BCUT2D eigenvalue weighted by Gasteiger charge is 2.80. The maximum Gasteiger partial charge on any atom is 0.565 e. The Balaban J connectivity index is 1.52. The van der Waals surface area contributed by atoms with Crippen molar-refractivity contribution in [1.29, 1.82) is 0 Å². The van der Waals surface area contributed by atoms with Crippen molar-refractivity contribution in [3.63, 3.8) is 0 Å². The van der Waals surface area contributed by atoms with Crippen LogP contribution in [0.5, 0.6) is 0 Å². The second kappa shape index (κ2) is 41.5. The van der Waals surface area contributed by atoms with Crippen LogP contribution in [-0.2, 0) is 53.1 Å². The van der Waals surface area contributed by atoms with Crippen molar-refractivity contribution in [2.24, 2.45) is 23.7 Å². The lowest BCUT2D eigenvalue weighted by atomic mass is 9.99. The first kappa shape index (κ1) is 86.0. The van der Waals surface area contributed by atoms with Gasteiger partial charge in [0.25, 0.3) is 0 Å². The number of rotatable bonds is 48. The van der Waals surface area contributed by atoms with Gasteiger partial charge in [-0.25, -0.2) is 0 Å². The Bertz CT molecular complexity index is 1900. The monoisotopic (exact) mass is 1710 g/mol. The first-order valence-corrected chi connectivity index (χ1v) is 69.7. The van der Waals surface area contributed by atoms with Gasteiger partial charge in [0.2, 0.25) is 0 Å². The maximum absolute atomic E-state index is 8.02. The Morgan fingerprint density at radius 2 is 0.417 bits per heavy atom. The molecule has 0 radical (unpaired) electrons. The zero-order valence-electron chi connectivity index (χ0n) is 60.6. The van der Waals surface area contributed by atoms with E-state index in [1.54, 1.807) is 0 Å². The molecule has 0 aromatic rings. The maximum atomic E-state index is 8.02. The van der Waals surface area contributed by atoms with Crippen LogP contribution >= 0.6 is 159 Å². The molecule has 12 nitrogen and oxygen atoms in total. The summed E-state index contributed by atoms with van der Waals surface area (Å²) in [6.45, 7) is 32.1. The molecule has 9 rings (SSSR count). The SMILES string of the molecule is CCO[Si](OCC)(OCC)[SH](SSSC12CCC(CC1)C2)C1([SH](SSSC23CCC(CC2)C3)[Si](OCC)(OCC)OCC)CCCCCCCCCCC1([SH](SSSC12CCC(CC1)C2)[Si](OCC)(OCC)OCC)[SH](SSSC12CCC(CC1)C2)[Si](OCC)(OCC)OCC. The Kier molecular flexibility index (Phi) is 37.2. The third kappa shape index (κ3) is 19.9. The Hall–Kier alpha value is 5.99. The molecule has 0 aliphatic heterocycles. The number of hydrogen-bond donors (Lipinski definition) is 4. The summed E-state index contributed by atoms with van der Waals surface area (Å²) in [4.78, 5) is 0. The zero-order valence-corrected chi connectivity index (χ0v) is 78.0. The van der Waals surface area contributed by atoms with E-state index < -0.39 is 77.5 Å². The van der Waals surface area contributed by atoms with Crippen LogP contribution in [0.3, 0.4) is 0 Å². The highest BCUT2D eigenvalue weighted by molar-refractivity contribution is 9.38. The molecule has 4 unspecified atom stereocenters. The molecule has 0 saturated heterocycles. The number of fused-ring (bicyclic) bond motifs is 8. The molecule has 96 heavy (non-hydrogen) atoms. The largest absolute Gasteiger partial charge is 0.565 e. The molecule has 4 atom stereocenters. The number of hydrogen-bond acceptors (Lipinski definition) is 24. The first-order chi connectivity index (χ1) is 46.7. The van der Waals surface area contributed by atoms with Crippen molar-refractivity contribution in [3.8, 4) is 0 Å². The summed E-state index contributed by atoms with van der Waals surface area (Å²) in [5.74, 6) is 3.26. The lowest BCUT2D eigenvalue weighted by Crippen LogP contribution is -2.68. The van der Waals surface area contributed by atoms with Crippen molar-refractivity contribution in [2.45, 2.75) is 303 Å². The van der Waals surface area contributed by atoms with E-state index in [1.807, 2.05) is 0 Å². The molecule has 9 aliphatic rings. The van der Waals surface area contributed by atoms with E-state index in [1.165, 1.54) is 154 Å². The second-order valence-electron chi connectivity index (χ2n) is 27.7. The summed E-state index contributed by atoms with van der Waals surface area (Å²) in [7, 11) is 3.17. The van der Waals surface area contributed by atoms with Gasteiger partial charge < -0.3 is 53.1 Å². The minimum atomic E-state index is -4.01. The molecule has 0 aromatic heterocycles. The molecule has 0 heterocycles. The van der Waals surface area contributed by atoms with Crippen LogP contribution in [0.2, 0.25) is 0 Å². The van der Waals surface area contributed by atoms with E-state index in [-0.39, 0.29) is 19.0 Å². The molecule has 9 fully saturated rings. The van der Waals surface area contributed by atoms with E-state index in [4.69, 9.17) is 53.1 Å². The van der Waals surface area contributed by atoms with Crippen LogP contribution in [0, 0.1) is 23.7 Å². The van der Waals surface area contributed by atoms with Gasteiger partial charge in [0.15, 0.2) is 0 Å². The summed E-state index contributed by atoms with van der Waals surface area (Å²) >= 11 is 0. The molecule has 0 N–H and O–H groups in total. The van der Waals surface area contributed by atoms with Crippen molar-refractivity contribution in [1.82, 2.24) is 0 Å². The third-order valence-corrected chi connectivity index (χ3v) is 108. The van der Waals surface area contributed by atoms with Gasteiger partial charge in [0.05, 0.1) is 8.16 Å². The van der Waals surface area contributed by atoms with Crippen LogP contribution in [0.15, 0.2) is 0 Å². The van der Waals surface area contributed by atoms with Gasteiger partial charge in [-0.05, 0) is 327 Å². The lowest BCUT2D eigenvalue weighted by molar-refractivity contribution is 0.0931. The third-order valence-electron chi connectivity index (χ3n) is 21.7. The van der Waals surface area contributed by atoms with Crippen LogP contribution in [-0.4, -0.2) is 138 Å². The Morgan fingerprint density at radius 3 is 0.562 bits per heavy atom. The lowest BCUT2D eigenvalue weighted by Gasteiger charge is -2.69. The molecular formula is C64H128O12S16Si4. The summed E-state index contributed by atoms with van der Waals surface area (Å²) in [6.07, 6.45) is 36.8. The van der Waals surface area contributed by atoms with Crippen LogP contribution in [0.1, 0.15) is 276 Å². The summed E-state index contributed by atoms with van der Waals surface area (Å²) < 4.78 is 95.6. The van der Waals surface area contributed by atoms with Crippen LogP contribution in [0.4, 0.5) is 0 Å². The molecule has 9 aliphatic carbocycles. The second-order valence-corrected chi connectivity index (χ2v) is 82.6. The Labute approximate surface area is 642 Å². The molecule has 568 valence electrons. The van der Waals surface area contributed by atoms with Gasteiger partial charge in [-0.2, -0.15) is 0 Å². The van der Waals surface area contributed by atoms with Crippen molar-refractivity contribution in [3.05, 3.63) is 0 Å². The van der Waals surface area contributed by atoms with E-state index in [0.29, 0.717) is 79.3 Å². The van der Waals surface area contributed by atoms with Crippen molar-refractivity contribution < 1.29 is 53.1 Å². The average molecular weight is 1720 g/mol. The molecule has 0 amide bonds. The van der Waals surface area contributed by atoms with Crippen LogP contribution in [0.25, 0.3) is 0 Å². The molecule has 32 heteroatoms. The van der Waals surface area contributed by atoms with Crippen molar-refractivity contribution >= 4 is 191 Å². The van der Waals surface area contributed by atoms with Gasteiger partial charge >= 0.3 is 31.8 Å². The predicted octanol–water partition coefficient (Wildman–Crippen LogP) is 24.6. The molecule has 9 saturated carbocycles. The van der Waals surface area contributed by atoms with Gasteiger partial charge in [-0.1, -0.05) is 94.5 Å². The summed E-state index contributed by atoms with van der Waals surface area (Å²) in [5.41, 5.74) is 0. The smallest absolute Gasteiger partial charge is 0.366 e. The predicted molar refractivity (Wildman–Crippen MR) is 458 cm³/mol. The van der Waals surface area contributed by atoms with E-state index >= 15 is 0 Å². The van der Waals surface area contributed by atoms with Gasteiger partial charge in [-0.3, -0.25) is 0 Å². The molecule has 0 spiro atoms. The zero-order chi connectivity index (χ0) is 68.3. The minimum Gasteiger partial charge on any atom is -0.366 e. The van der Waals surface area contributed by atoms with Gasteiger partial charge in [0, 0.05) is 98.3 Å². The highest BCUT2D eigenvalue weighted by Crippen LogP contribution is 2.94. The van der Waals surface area contributed by atoms with E-state index in [9.17, 15) is 0 Å². The average Bonchev–Trinajstić information content (AvgIpc) is 0.745. The standard InChI is InChI=1S/C64H128O12S16Si4/c1-13-65-93(66-14-2,67-15-3)89(85-81-77-59-43-33-55(51-59)34-44-59)63(90(94(68-16-4,69-17-5)70-18-6)86-82-78-60-45-35-56(52-60)36-46-60)41-31-29-27-25-26-28-30-32-42-64(63,91(95(71-19-7,72-20-8)73-21-9)87-83-79-61-47-37-57(53-61)38-48-61)92(96(74-22-10,75-23-11)76-24-12)88-84-80-62-49-39-58(54-62)40-50-62/h55-58,89-92H,13-54H2,1-12H3. The quantitative estimate of drug-likeness (QED) is 0.0263. The summed E-state index contributed by atoms with van der Waals surface area (Å²) in [6, 6.07) is 0. The summed E-state index contributed by atoms with van der Waals surface area (Å²) in [5, 5.41) is 0. The minimum absolute atomic E-state index is 0.228. The first-order valence-electron chi connectivity index (χ1n) is 37.7. The van der Waals surface area contributed by atoms with Gasteiger partial charge in [0.1, 0.15) is 0 Å². The Morgan fingerprint density at radius 1 is 0.250 bits per heavy atom. The normalized spacial score (nSPS) is 33.9. The number of thiol groups is 4. The molecule has 8 bridgehead atoms. The van der Waals surface area contributed by atoms with Gasteiger partial charge in [-0.15, -0.1) is 37.5 Å². The fourth-order valence-corrected chi connectivity index (χ4v) is 142. The highest BCUT2D eigenvalue weighted by atomic mass is 33.8. The fraction of sp³-hybridized carbons (Fsp3) is 1.00. The molecular weight excluding hydrogens is 1590 g/mol. The van der Waals surface area contributed by atoms with Crippen molar-refractivity contribution in [2.75, 3.05) is 79.3 Å². The fourth-order valence-electron chi connectivity index (χ4n) is 17.6. The topological polar surface area (TPSA) is 111 Å². The van der Waals surface area contributed by atoms with Crippen LogP contribution < -0.4 is 0 Å². The molecule has 0 aromatic carbocycles.